The first-order chi connectivity index (χ1) is 16.3. The molecule has 0 aromatic carbocycles. The SMILES string of the molecule is Nc1nc(C(=CCC(=O)O)C(=O)N[C@@H]2C(=O)N3C(C(=O)O)=C(CSc4cn[nH]n4)CS[C@H]23)cs1. The predicted molar refractivity (Wildman–Crippen MR) is 124 cm³/mol. The van der Waals surface area contributed by atoms with Gasteiger partial charge in [-0.05, 0) is 5.57 Å². The third kappa shape index (κ3) is 4.78. The minimum Gasteiger partial charge on any atom is -0.481 e. The van der Waals surface area contributed by atoms with E-state index in [9.17, 15) is 24.3 Å². The van der Waals surface area contributed by atoms with Crippen molar-refractivity contribution in [2.24, 2.45) is 0 Å². The normalized spacial score (nSPS) is 20.1. The van der Waals surface area contributed by atoms with Crippen LogP contribution in [0.15, 0.2) is 33.9 Å². The minimum absolute atomic E-state index is 0.0267. The highest BCUT2D eigenvalue weighted by molar-refractivity contribution is 8.01. The second-order valence-electron chi connectivity index (χ2n) is 7.00. The van der Waals surface area contributed by atoms with E-state index in [4.69, 9.17) is 10.8 Å². The van der Waals surface area contributed by atoms with Crippen LogP contribution in [0.3, 0.4) is 0 Å². The molecule has 6 N–H and O–H groups in total. The Morgan fingerprint density at radius 1 is 1.38 bits per heavy atom. The van der Waals surface area contributed by atoms with E-state index < -0.39 is 41.6 Å². The van der Waals surface area contributed by atoms with Crippen LogP contribution >= 0.6 is 34.9 Å². The van der Waals surface area contributed by atoms with Crippen molar-refractivity contribution < 1.29 is 29.4 Å². The van der Waals surface area contributed by atoms with Crippen molar-refractivity contribution in [2.45, 2.75) is 22.9 Å². The van der Waals surface area contributed by atoms with Crippen LogP contribution in [0.2, 0.25) is 0 Å². The number of fused-ring (bicyclic) bond motifs is 1. The second kappa shape index (κ2) is 9.86. The van der Waals surface area contributed by atoms with Gasteiger partial charge in [-0.15, -0.1) is 28.2 Å². The van der Waals surface area contributed by atoms with Gasteiger partial charge in [0.1, 0.15) is 22.1 Å². The van der Waals surface area contributed by atoms with Crippen LogP contribution in [0.25, 0.3) is 5.57 Å². The Morgan fingerprint density at radius 2 is 2.18 bits per heavy atom. The number of hydrogen-bond donors (Lipinski definition) is 5. The number of β-lactam (4-membered cyclic amide) rings is 1. The number of nitrogens with two attached hydrogens (primary N) is 1. The number of aromatic nitrogens is 4. The quantitative estimate of drug-likeness (QED) is 0.170. The number of rotatable bonds is 9. The van der Waals surface area contributed by atoms with E-state index in [-0.39, 0.29) is 22.1 Å². The number of amides is 2. The third-order valence-corrected chi connectivity index (χ3v) is 7.85. The largest absolute Gasteiger partial charge is 0.481 e. The van der Waals surface area contributed by atoms with Crippen LogP contribution in [0, 0.1) is 0 Å². The van der Waals surface area contributed by atoms with E-state index in [0.29, 0.717) is 22.1 Å². The molecular weight excluding hydrogens is 506 g/mol. The fourth-order valence-electron chi connectivity index (χ4n) is 3.35. The average Bonchev–Trinajstić information content (AvgIpc) is 3.47. The van der Waals surface area contributed by atoms with Gasteiger partial charge in [-0.25, -0.2) is 9.78 Å². The number of carbonyl (C=O) groups is 4. The number of carbonyl (C=O) groups excluding carboxylic acids is 2. The molecule has 2 aliphatic rings. The van der Waals surface area contributed by atoms with Crippen molar-refractivity contribution in [1.29, 1.82) is 0 Å². The van der Waals surface area contributed by atoms with Crippen LogP contribution in [0.5, 0.6) is 0 Å². The van der Waals surface area contributed by atoms with Crippen LogP contribution < -0.4 is 11.1 Å². The molecule has 1 saturated heterocycles. The van der Waals surface area contributed by atoms with Crippen molar-refractivity contribution in [1.82, 2.24) is 30.6 Å². The standard InChI is InChI=1S/C18H17N7O6S3/c19-18-21-9(6-34-18)8(1-2-11(26)27)14(28)22-12-15(29)25-13(17(30)31)7(5-33-16(12)25)4-32-10-3-20-24-23-10/h1,3,6,12,16H,2,4-5H2,(H2,19,21)(H,22,28)(H,26,27)(H,30,31)(H,20,23,24)/t12-,16-/m1/s1. The zero-order chi connectivity index (χ0) is 24.4. The lowest BCUT2D eigenvalue weighted by Crippen LogP contribution is -2.70. The lowest BCUT2D eigenvalue weighted by molar-refractivity contribution is -0.150. The number of anilines is 1. The van der Waals surface area contributed by atoms with E-state index in [2.05, 4.69) is 25.7 Å². The molecular formula is C18H17N7O6S3. The van der Waals surface area contributed by atoms with Gasteiger partial charge >= 0.3 is 11.9 Å². The number of nitrogens with one attached hydrogen (secondary N) is 2. The number of nitrogens with zero attached hydrogens (tertiary/aromatic N) is 4. The summed E-state index contributed by atoms with van der Waals surface area (Å²) in [5.41, 5.74) is 6.24. The molecule has 2 atom stereocenters. The zero-order valence-electron chi connectivity index (χ0n) is 17.1. The summed E-state index contributed by atoms with van der Waals surface area (Å²) in [6.07, 6.45) is 2.28. The van der Waals surface area contributed by atoms with E-state index in [1.807, 2.05) is 0 Å². The Kier molecular flexibility index (Phi) is 6.90. The fraction of sp³-hybridized carbons (Fsp3) is 0.278. The fourth-order valence-corrected chi connectivity index (χ4v) is 6.18. The molecule has 2 amide bonds. The maximum absolute atomic E-state index is 12.9. The summed E-state index contributed by atoms with van der Waals surface area (Å²) in [5, 5.41) is 33.1. The number of H-pyrrole nitrogens is 1. The first-order valence-corrected chi connectivity index (χ1v) is 12.5. The van der Waals surface area contributed by atoms with Gasteiger partial charge in [0.2, 0.25) is 0 Å². The Morgan fingerprint density at radius 3 is 2.79 bits per heavy atom. The van der Waals surface area contributed by atoms with Gasteiger partial charge in [0, 0.05) is 16.9 Å². The van der Waals surface area contributed by atoms with Gasteiger partial charge in [-0.3, -0.25) is 19.3 Å². The van der Waals surface area contributed by atoms with Crippen LogP contribution in [-0.4, -0.2) is 82.2 Å². The monoisotopic (exact) mass is 523 g/mol. The Balaban J connectivity index is 1.50. The van der Waals surface area contributed by atoms with Gasteiger partial charge in [-0.1, -0.05) is 17.8 Å². The summed E-state index contributed by atoms with van der Waals surface area (Å²) in [6, 6.07) is -0.971. The maximum Gasteiger partial charge on any atom is 0.352 e. The maximum atomic E-state index is 12.9. The number of aromatic amines is 1. The molecule has 4 heterocycles. The molecule has 2 aromatic heterocycles. The number of thiazole rings is 1. The Labute approximate surface area is 203 Å². The van der Waals surface area contributed by atoms with Gasteiger partial charge in [0.15, 0.2) is 5.13 Å². The first kappa shape index (κ1) is 23.8. The smallest absolute Gasteiger partial charge is 0.352 e. The Bertz CT molecular complexity index is 1210. The highest BCUT2D eigenvalue weighted by atomic mass is 32.2. The summed E-state index contributed by atoms with van der Waals surface area (Å²) in [7, 11) is 0. The highest BCUT2D eigenvalue weighted by Gasteiger charge is 2.54. The van der Waals surface area contributed by atoms with Crippen molar-refractivity contribution in [3.8, 4) is 0 Å². The number of thioether (sulfide) groups is 2. The second-order valence-corrected chi connectivity index (χ2v) is 9.99. The van der Waals surface area contributed by atoms with Gasteiger partial charge in [0.25, 0.3) is 11.8 Å². The lowest BCUT2D eigenvalue weighted by Gasteiger charge is -2.49. The summed E-state index contributed by atoms with van der Waals surface area (Å²) in [5.74, 6) is -2.99. The molecule has 0 bridgehead atoms. The minimum atomic E-state index is -1.24. The molecule has 0 unspecified atom stereocenters. The zero-order valence-corrected chi connectivity index (χ0v) is 19.6. The average molecular weight is 524 g/mol. The van der Waals surface area contributed by atoms with Crippen molar-refractivity contribution in [2.75, 3.05) is 17.2 Å². The van der Waals surface area contributed by atoms with Crippen molar-refractivity contribution in [3.63, 3.8) is 0 Å². The molecule has 4 rings (SSSR count). The molecule has 13 nitrogen and oxygen atoms in total. The summed E-state index contributed by atoms with van der Waals surface area (Å²) < 4.78 is 0. The molecule has 34 heavy (non-hydrogen) atoms. The Hall–Kier alpha value is -3.37. The van der Waals surface area contributed by atoms with Crippen LogP contribution in [0.4, 0.5) is 5.13 Å². The summed E-state index contributed by atoms with van der Waals surface area (Å²) in [4.78, 5) is 53.9. The number of carboxylic acids is 2. The number of carboxylic acid groups (broad SMARTS) is 2. The van der Waals surface area contributed by atoms with Gasteiger partial charge in [-0.2, -0.15) is 10.3 Å². The number of nitrogen functional groups attached to an aromatic ring is 1. The molecule has 2 aromatic rings. The number of aliphatic carboxylic acids is 2. The summed E-state index contributed by atoms with van der Waals surface area (Å²) >= 11 is 3.70. The summed E-state index contributed by atoms with van der Waals surface area (Å²) in [6.45, 7) is 0. The van der Waals surface area contributed by atoms with E-state index >= 15 is 0 Å². The van der Waals surface area contributed by atoms with Gasteiger partial charge in [0.05, 0.1) is 23.9 Å². The van der Waals surface area contributed by atoms with E-state index in [1.54, 1.807) is 0 Å². The third-order valence-electron chi connectivity index (χ3n) is 4.85. The van der Waals surface area contributed by atoms with Crippen LogP contribution in [0.1, 0.15) is 12.1 Å². The molecule has 0 spiro atoms. The van der Waals surface area contributed by atoms with Gasteiger partial charge < -0.3 is 21.3 Å². The lowest BCUT2D eigenvalue weighted by atomic mass is 10.0. The molecule has 0 radical (unpaired) electrons. The molecule has 0 saturated carbocycles. The first-order valence-electron chi connectivity index (χ1n) is 9.59. The van der Waals surface area contributed by atoms with E-state index in [0.717, 1.165) is 11.3 Å². The topological polar surface area (TPSA) is 204 Å². The highest BCUT2D eigenvalue weighted by Crippen LogP contribution is 2.41. The number of hydrogen-bond acceptors (Lipinski definition) is 11. The van der Waals surface area contributed by atoms with Crippen LogP contribution in [-0.2, 0) is 19.2 Å². The molecule has 0 aliphatic carbocycles. The molecule has 16 heteroatoms. The molecule has 178 valence electrons. The van der Waals surface area contributed by atoms with Crippen molar-refractivity contribution in [3.05, 3.63) is 34.6 Å². The predicted octanol–water partition coefficient (Wildman–Crippen LogP) is 0.232. The molecule has 2 aliphatic heterocycles. The van der Waals surface area contributed by atoms with Crippen molar-refractivity contribution >= 4 is 69.3 Å². The van der Waals surface area contributed by atoms with E-state index in [1.165, 1.54) is 46.1 Å². The molecule has 1 fully saturated rings.